The van der Waals surface area contributed by atoms with Crippen LogP contribution in [0.15, 0.2) is 22.8 Å². The summed E-state index contributed by atoms with van der Waals surface area (Å²) in [6.45, 7) is 3.50. The van der Waals surface area contributed by atoms with Crippen molar-refractivity contribution in [3.63, 3.8) is 0 Å². The van der Waals surface area contributed by atoms with Crippen LogP contribution in [-0.2, 0) is 10.2 Å². The summed E-state index contributed by atoms with van der Waals surface area (Å²) >= 11 is 8.72. The summed E-state index contributed by atoms with van der Waals surface area (Å²) in [5.74, 6) is 0. The maximum absolute atomic E-state index is 11.1. The molecule has 0 saturated carbocycles. The number of hydrogen-bond donors (Lipinski definition) is 0. The monoisotopic (exact) mass is 261 g/mol. The van der Waals surface area contributed by atoms with Gasteiger partial charge in [0.15, 0.2) is 0 Å². The van der Waals surface area contributed by atoms with E-state index in [0.717, 1.165) is 4.47 Å². The smallest absolute Gasteiger partial charge is 0.233 e. The molecule has 0 aromatic carbocycles. The molecule has 13 heavy (non-hydrogen) atoms. The highest BCUT2D eigenvalue weighted by Gasteiger charge is 2.29. The first-order chi connectivity index (χ1) is 5.94. The van der Waals surface area contributed by atoms with E-state index >= 15 is 0 Å². The SMILES string of the molecule is CC(C)(C(=O)Cl)c1ccc(Br)cn1. The molecule has 0 N–H and O–H groups in total. The Hall–Kier alpha value is -0.410. The summed E-state index contributed by atoms with van der Waals surface area (Å²) in [5, 5.41) is -0.401. The lowest BCUT2D eigenvalue weighted by molar-refractivity contribution is -0.115. The summed E-state index contributed by atoms with van der Waals surface area (Å²) in [5.41, 5.74) is -0.0434. The molecule has 0 radical (unpaired) electrons. The molecule has 0 spiro atoms. The highest BCUT2D eigenvalue weighted by Crippen LogP contribution is 2.24. The van der Waals surface area contributed by atoms with E-state index in [2.05, 4.69) is 20.9 Å². The van der Waals surface area contributed by atoms with Gasteiger partial charge in [-0.2, -0.15) is 0 Å². The largest absolute Gasteiger partial charge is 0.280 e. The van der Waals surface area contributed by atoms with Crippen LogP contribution in [-0.4, -0.2) is 10.2 Å². The zero-order chi connectivity index (χ0) is 10.1. The Morgan fingerprint density at radius 3 is 2.54 bits per heavy atom. The molecule has 0 unspecified atom stereocenters. The molecule has 1 rings (SSSR count). The summed E-state index contributed by atoms with van der Waals surface area (Å²) in [7, 11) is 0. The lowest BCUT2D eigenvalue weighted by Crippen LogP contribution is -2.25. The fourth-order valence-electron chi connectivity index (χ4n) is 0.846. The van der Waals surface area contributed by atoms with E-state index < -0.39 is 10.7 Å². The number of rotatable bonds is 2. The fraction of sp³-hybridized carbons (Fsp3) is 0.333. The second-order valence-electron chi connectivity index (χ2n) is 3.26. The number of carbonyl (C=O) groups excluding carboxylic acids is 1. The van der Waals surface area contributed by atoms with Crippen molar-refractivity contribution in [1.82, 2.24) is 4.98 Å². The Kier molecular flexibility index (Phi) is 3.09. The van der Waals surface area contributed by atoms with E-state index in [9.17, 15) is 4.79 Å². The van der Waals surface area contributed by atoms with Crippen LogP contribution < -0.4 is 0 Å². The van der Waals surface area contributed by atoms with Crippen molar-refractivity contribution < 1.29 is 4.79 Å². The lowest BCUT2D eigenvalue weighted by atomic mass is 9.90. The van der Waals surface area contributed by atoms with Gasteiger partial charge >= 0.3 is 0 Å². The van der Waals surface area contributed by atoms with Gasteiger partial charge in [0.05, 0.1) is 11.1 Å². The number of carbonyl (C=O) groups is 1. The highest BCUT2D eigenvalue weighted by atomic mass is 79.9. The van der Waals surface area contributed by atoms with Gasteiger partial charge in [0.25, 0.3) is 0 Å². The predicted molar refractivity (Wildman–Crippen MR) is 55.8 cm³/mol. The van der Waals surface area contributed by atoms with Crippen LogP contribution in [0.4, 0.5) is 0 Å². The van der Waals surface area contributed by atoms with Crippen molar-refractivity contribution in [3.8, 4) is 0 Å². The zero-order valence-corrected chi connectivity index (χ0v) is 9.69. The van der Waals surface area contributed by atoms with Crippen molar-refractivity contribution in [2.24, 2.45) is 0 Å². The van der Waals surface area contributed by atoms with Crippen molar-refractivity contribution in [1.29, 1.82) is 0 Å². The Balaban J connectivity index is 3.08. The van der Waals surface area contributed by atoms with Gasteiger partial charge in [0.2, 0.25) is 5.24 Å². The number of nitrogens with zero attached hydrogens (tertiary/aromatic N) is 1. The quantitative estimate of drug-likeness (QED) is 0.767. The summed E-state index contributed by atoms with van der Waals surface area (Å²) < 4.78 is 0.883. The van der Waals surface area contributed by atoms with E-state index in [0.29, 0.717) is 5.69 Å². The van der Waals surface area contributed by atoms with Crippen LogP contribution in [0.5, 0.6) is 0 Å². The number of hydrogen-bond acceptors (Lipinski definition) is 2. The van der Waals surface area contributed by atoms with E-state index in [1.54, 1.807) is 26.1 Å². The Labute approximate surface area is 90.4 Å². The van der Waals surface area contributed by atoms with Crippen molar-refractivity contribution in [2.45, 2.75) is 19.3 Å². The van der Waals surface area contributed by atoms with Gasteiger partial charge in [-0.1, -0.05) is 0 Å². The molecule has 4 heteroatoms. The number of pyridine rings is 1. The summed E-state index contributed by atoms with van der Waals surface area (Å²) in [6.07, 6.45) is 1.65. The van der Waals surface area contributed by atoms with Gasteiger partial charge in [-0.05, 0) is 53.5 Å². The molecule has 1 aromatic heterocycles. The highest BCUT2D eigenvalue weighted by molar-refractivity contribution is 9.10. The second-order valence-corrected chi connectivity index (χ2v) is 4.52. The molecule has 0 aliphatic carbocycles. The van der Waals surface area contributed by atoms with Gasteiger partial charge in [0, 0.05) is 10.7 Å². The maximum atomic E-state index is 11.1. The average molecular weight is 263 g/mol. The third-order valence-electron chi connectivity index (χ3n) is 1.86. The normalized spacial score (nSPS) is 11.4. The summed E-state index contributed by atoms with van der Waals surface area (Å²) in [4.78, 5) is 15.2. The van der Waals surface area contributed by atoms with Gasteiger partial charge in [-0.3, -0.25) is 9.78 Å². The summed E-state index contributed by atoms with van der Waals surface area (Å²) in [6, 6.07) is 3.62. The molecule has 0 aliphatic heterocycles. The standard InChI is InChI=1S/C9H9BrClNO/c1-9(2,8(11)13)7-4-3-6(10)5-12-7/h3-5H,1-2H3. The zero-order valence-electron chi connectivity index (χ0n) is 7.34. The van der Waals surface area contributed by atoms with Gasteiger partial charge in [-0.25, -0.2) is 0 Å². The maximum Gasteiger partial charge on any atom is 0.233 e. The molecule has 0 aliphatic rings. The molecule has 0 amide bonds. The van der Waals surface area contributed by atoms with Crippen LogP contribution in [0.2, 0.25) is 0 Å². The van der Waals surface area contributed by atoms with E-state index in [1.807, 2.05) is 6.07 Å². The van der Waals surface area contributed by atoms with E-state index in [4.69, 9.17) is 11.6 Å². The molecule has 70 valence electrons. The first-order valence-electron chi connectivity index (χ1n) is 3.76. The third-order valence-corrected chi connectivity index (χ3v) is 2.80. The van der Waals surface area contributed by atoms with Crippen LogP contribution in [0.3, 0.4) is 0 Å². The minimum Gasteiger partial charge on any atom is -0.280 e. The topological polar surface area (TPSA) is 30.0 Å². The van der Waals surface area contributed by atoms with Crippen molar-refractivity contribution >= 4 is 32.8 Å². The molecule has 1 aromatic rings. The fourth-order valence-corrected chi connectivity index (χ4v) is 1.18. The Bertz CT molecular complexity index is 321. The minimum absolute atomic E-state index is 0.401. The molecule has 1 heterocycles. The Morgan fingerprint density at radius 2 is 2.15 bits per heavy atom. The van der Waals surface area contributed by atoms with Crippen LogP contribution in [0.1, 0.15) is 19.5 Å². The number of halogens is 2. The molecule has 0 saturated heterocycles. The van der Waals surface area contributed by atoms with E-state index in [-0.39, 0.29) is 0 Å². The molecular weight excluding hydrogens is 253 g/mol. The molecule has 0 fully saturated rings. The average Bonchev–Trinajstić information content (AvgIpc) is 2.04. The second kappa shape index (κ2) is 3.76. The third kappa shape index (κ3) is 2.29. The van der Waals surface area contributed by atoms with Crippen molar-refractivity contribution in [2.75, 3.05) is 0 Å². The molecular formula is C9H9BrClNO. The van der Waals surface area contributed by atoms with Crippen molar-refractivity contribution in [3.05, 3.63) is 28.5 Å². The Morgan fingerprint density at radius 1 is 1.54 bits per heavy atom. The van der Waals surface area contributed by atoms with Gasteiger partial charge in [-0.15, -0.1) is 0 Å². The molecule has 2 nitrogen and oxygen atoms in total. The van der Waals surface area contributed by atoms with Gasteiger partial charge < -0.3 is 0 Å². The molecule has 0 atom stereocenters. The van der Waals surface area contributed by atoms with Gasteiger partial charge in [0.1, 0.15) is 0 Å². The van der Waals surface area contributed by atoms with Crippen LogP contribution >= 0.6 is 27.5 Å². The molecule has 0 bridgehead atoms. The van der Waals surface area contributed by atoms with Crippen LogP contribution in [0, 0.1) is 0 Å². The lowest BCUT2D eigenvalue weighted by Gasteiger charge is -2.18. The minimum atomic E-state index is -0.720. The first-order valence-corrected chi connectivity index (χ1v) is 4.93. The van der Waals surface area contributed by atoms with Crippen LogP contribution in [0.25, 0.3) is 0 Å². The first kappa shape index (κ1) is 10.7. The number of aromatic nitrogens is 1. The van der Waals surface area contributed by atoms with E-state index in [1.165, 1.54) is 0 Å². The predicted octanol–water partition coefficient (Wildman–Crippen LogP) is 2.89.